The maximum atomic E-state index is 12.9. The predicted octanol–water partition coefficient (Wildman–Crippen LogP) is 1.39. The molecule has 1 aliphatic carbocycles. The van der Waals surface area contributed by atoms with Gasteiger partial charge in [-0.3, -0.25) is 9.89 Å². The van der Waals surface area contributed by atoms with Crippen LogP contribution in [0.25, 0.3) is 0 Å². The van der Waals surface area contributed by atoms with Crippen molar-refractivity contribution in [2.45, 2.75) is 24.0 Å². The van der Waals surface area contributed by atoms with Crippen molar-refractivity contribution in [2.75, 3.05) is 20.3 Å². The van der Waals surface area contributed by atoms with Crippen LogP contribution in [0, 0.1) is 0 Å². The number of aliphatic hydroxyl groups is 1. The van der Waals surface area contributed by atoms with Gasteiger partial charge in [0.2, 0.25) is 0 Å². The Bertz CT molecular complexity index is 733. The monoisotopic (exact) mass is 313 g/mol. The highest BCUT2D eigenvalue weighted by Gasteiger charge is 2.51. The van der Waals surface area contributed by atoms with E-state index in [1.165, 1.54) is 0 Å². The molecule has 1 saturated carbocycles. The number of hydrogen-bond acceptors (Lipinski definition) is 4. The number of nitrogens with zero attached hydrogens (tertiary/aromatic N) is 2. The lowest BCUT2D eigenvalue weighted by molar-refractivity contribution is -0.184. The molecule has 2 heterocycles. The molecule has 2 aliphatic rings. The number of carbonyl (C=O) groups is 1. The van der Waals surface area contributed by atoms with Crippen LogP contribution in [0.1, 0.15) is 34.5 Å². The standard InChI is InChI=1S/C17H19N3O3/c1-20(16(6-7-16)14-5-8-18-19-14)15(21)12-3-2-4-13(9-12)17(22)10-23-11-17/h2-5,8-9,22H,6-7,10-11H2,1H3,(H,18,19). The maximum Gasteiger partial charge on any atom is 0.254 e. The van der Waals surface area contributed by atoms with Crippen LogP contribution in [-0.4, -0.2) is 46.4 Å². The first-order valence-corrected chi connectivity index (χ1v) is 7.74. The van der Waals surface area contributed by atoms with Crippen molar-refractivity contribution in [1.82, 2.24) is 15.1 Å². The van der Waals surface area contributed by atoms with Crippen LogP contribution < -0.4 is 0 Å². The number of ether oxygens (including phenoxy) is 1. The van der Waals surface area contributed by atoms with Crippen molar-refractivity contribution in [3.05, 3.63) is 53.3 Å². The molecule has 0 radical (unpaired) electrons. The highest BCUT2D eigenvalue weighted by Crippen LogP contribution is 2.50. The van der Waals surface area contributed by atoms with Gasteiger partial charge in [-0.2, -0.15) is 5.10 Å². The van der Waals surface area contributed by atoms with E-state index < -0.39 is 5.60 Å². The number of carbonyl (C=O) groups excluding carboxylic acids is 1. The number of hydrogen-bond donors (Lipinski definition) is 2. The Morgan fingerprint density at radius 3 is 2.70 bits per heavy atom. The van der Waals surface area contributed by atoms with E-state index >= 15 is 0 Å². The fourth-order valence-electron chi connectivity index (χ4n) is 3.21. The lowest BCUT2D eigenvalue weighted by atomic mass is 9.90. The first kappa shape index (κ1) is 14.4. The molecule has 0 spiro atoms. The molecule has 0 unspecified atom stereocenters. The zero-order chi connectivity index (χ0) is 16.1. The third-order valence-corrected chi connectivity index (χ3v) is 5.00. The lowest BCUT2D eigenvalue weighted by Gasteiger charge is -2.37. The summed E-state index contributed by atoms with van der Waals surface area (Å²) in [5.74, 6) is -0.0530. The first-order valence-electron chi connectivity index (χ1n) is 7.74. The molecule has 6 heteroatoms. The Morgan fingerprint density at radius 1 is 1.35 bits per heavy atom. The molecule has 23 heavy (non-hydrogen) atoms. The number of benzene rings is 1. The van der Waals surface area contributed by atoms with E-state index in [0.29, 0.717) is 5.56 Å². The van der Waals surface area contributed by atoms with E-state index in [0.717, 1.165) is 24.1 Å². The molecule has 0 bridgehead atoms. The van der Waals surface area contributed by atoms with Crippen LogP contribution in [0.4, 0.5) is 0 Å². The minimum absolute atomic E-state index is 0.0530. The zero-order valence-corrected chi connectivity index (χ0v) is 13.0. The van der Waals surface area contributed by atoms with Gasteiger partial charge in [0.25, 0.3) is 5.91 Å². The summed E-state index contributed by atoms with van der Waals surface area (Å²) in [6.45, 7) is 0.553. The van der Waals surface area contributed by atoms with Crippen LogP contribution in [0.3, 0.4) is 0 Å². The number of nitrogens with one attached hydrogen (secondary N) is 1. The van der Waals surface area contributed by atoms with Crippen LogP contribution >= 0.6 is 0 Å². The Morgan fingerprint density at radius 2 is 2.13 bits per heavy atom. The Labute approximate surface area is 134 Å². The van der Waals surface area contributed by atoms with E-state index in [9.17, 15) is 9.90 Å². The van der Waals surface area contributed by atoms with Gasteiger partial charge in [0, 0.05) is 18.8 Å². The average molecular weight is 313 g/mol. The van der Waals surface area contributed by atoms with Gasteiger partial charge in [0.1, 0.15) is 5.60 Å². The van der Waals surface area contributed by atoms with Crippen LogP contribution in [0.15, 0.2) is 36.5 Å². The van der Waals surface area contributed by atoms with Gasteiger partial charge in [-0.15, -0.1) is 0 Å². The van der Waals surface area contributed by atoms with Crippen LogP contribution in [-0.2, 0) is 15.9 Å². The van der Waals surface area contributed by atoms with Gasteiger partial charge < -0.3 is 14.7 Å². The summed E-state index contributed by atoms with van der Waals surface area (Å²) in [5.41, 5.74) is 1.04. The predicted molar refractivity (Wildman–Crippen MR) is 82.8 cm³/mol. The molecule has 2 N–H and O–H groups in total. The second-order valence-electron chi connectivity index (χ2n) is 6.47. The fourth-order valence-corrected chi connectivity index (χ4v) is 3.21. The molecule has 2 aromatic rings. The Kier molecular flexibility index (Phi) is 3.08. The maximum absolute atomic E-state index is 12.9. The van der Waals surface area contributed by atoms with Gasteiger partial charge in [0.15, 0.2) is 0 Å². The molecule has 0 atom stereocenters. The second kappa shape index (κ2) is 4.91. The van der Waals surface area contributed by atoms with Crippen LogP contribution in [0.5, 0.6) is 0 Å². The topological polar surface area (TPSA) is 78.5 Å². The number of aromatic amines is 1. The molecule has 1 aromatic heterocycles. The second-order valence-corrected chi connectivity index (χ2v) is 6.47. The molecule has 120 valence electrons. The van der Waals surface area contributed by atoms with E-state index in [-0.39, 0.29) is 24.7 Å². The van der Waals surface area contributed by atoms with E-state index in [2.05, 4.69) is 10.2 Å². The van der Waals surface area contributed by atoms with Crippen molar-refractivity contribution >= 4 is 5.91 Å². The first-order chi connectivity index (χ1) is 11.1. The SMILES string of the molecule is CN(C(=O)c1cccc(C2(O)COC2)c1)C1(c2ccn[nH]2)CC1. The summed E-state index contributed by atoms with van der Waals surface area (Å²) in [5, 5.41) is 17.4. The minimum Gasteiger partial charge on any atom is -0.380 e. The van der Waals surface area contributed by atoms with E-state index in [4.69, 9.17) is 4.74 Å². The molecular formula is C17H19N3O3. The minimum atomic E-state index is -0.963. The lowest BCUT2D eigenvalue weighted by Crippen LogP contribution is -2.46. The highest BCUT2D eigenvalue weighted by molar-refractivity contribution is 5.95. The summed E-state index contributed by atoms with van der Waals surface area (Å²) in [6, 6.07) is 9.11. The number of aromatic nitrogens is 2. The van der Waals surface area contributed by atoms with Gasteiger partial charge >= 0.3 is 0 Å². The third-order valence-electron chi connectivity index (χ3n) is 5.00. The highest BCUT2D eigenvalue weighted by atomic mass is 16.5. The fraction of sp³-hybridized carbons (Fsp3) is 0.412. The summed E-state index contributed by atoms with van der Waals surface area (Å²) in [4.78, 5) is 14.7. The number of rotatable bonds is 4. The molecule has 6 nitrogen and oxygen atoms in total. The third kappa shape index (κ3) is 2.17. The van der Waals surface area contributed by atoms with Crippen molar-refractivity contribution in [2.24, 2.45) is 0 Å². The van der Waals surface area contributed by atoms with Gasteiger partial charge in [-0.25, -0.2) is 0 Å². The van der Waals surface area contributed by atoms with Gasteiger partial charge in [-0.1, -0.05) is 12.1 Å². The summed E-state index contributed by atoms with van der Waals surface area (Å²) in [7, 11) is 1.82. The van der Waals surface area contributed by atoms with Gasteiger partial charge in [-0.05, 0) is 36.6 Å². The van der Waals surface area contributed by atoms with Gasteiger partial charge in [0.05, 0.1) is 24.4 Å². The van der Waals surface area contributed by atoms with Crippen molar-refractivity contribution < 1.29 is 14.6 Å². The van der Waals surface area contributed by atoms with Crippen molar-refractivity contribution in [3.8, 4) is 0 Å². The molecular weight excluding hydrogens is 294 g/mol. The summed E-state index contributed by atoms with van der Waals surface area (Å²) >= 11 is 0. The zero-order valence-electron chi connectivity index (χ0n) is 13.0. The quantitative estimate of drug-likeness (QED) is 0.894. The smallest absolute Gasteiger partial charge is 0.254 e. The van der Waals surface area contributed by atoms with E-state index in [1.54, 1.807) is 23.2 Å². The van der Waals surface area contributed by atoms with E-state index in [1.807, 2.05) is 25.2 Å². The average Bonchev–Trinajstić information content (AvgIpc) is 3.17. The Hall–Kier alpha value is -2.18. The molecule has 1 aromatic carbocycles. The van der Waals surface area contributed by atoms with Crippen molar-refractivity contribution in [1.29, 1.82) is 0 Å². The van der Waals surface area contributed by atoms with Crippen molar-refractivity contribution in [3.63, 3.8) is 0 Å². The molecule has 1 aliphatic heterocycles. The largest absolute Gasteiger partial charge is 0.380 e. The molecule has 2 fully saturated rings. The Balaban J connectivity index is 1.61. The number of amides is 1. The van der Waals surface area contributed by atoms with Crippen LogP contribution in [0.2, 0.25) is 0 Å². The summed E-state index contributed by atoms with van der Waals surface area (Å²) in [6.07, 6.45) is 3.56. The molecule has 4 rings (SSSR count). The normalized spacial score (nSPS) is 20.6. The number of H-pyrrole nitrogens is 1. The summed E-state index contributed by atoms with van der Waals surface area (Å²) < 4.78 is 5.10. The molecule has 1 amide bonds. The molecule has 1 saturated heterocycles.